The Balaban J connectivity index is 1.79. The largest absolute Gasteiger partial charge is 0.497 e. The maximum absolute atomic E-state index is 12.5. The first-order chi connectivity index (χ1) is 11.5. The van der Waals surface area contributed by atoms with Crippen LogP contribution in [0.25, 0.3) is 10.2 Å². The smallest absolute Gasteiger partial charge is 0.257 e. The van der Waals surface area contributed by atoms with Crippen LogP contribution in [0.4, 0.5) is 5.13 Å². The minimum absolute atomic E-state index is 0.146. The van der Waals surface area contributed by atoms with Gasteiger partial charge in [0, 0.05) is 15.7 Å². The van der Waals surface area contributed by atoms with Crippen molar-refractivity contribution in [2.75, 3.05) is 12.4 Å². The second-order valence-electron chi connectivity index (χ2n) is 5.50. The van der Waals surface area contributed by atoms with Crippen LogP contribution in [0.2, 0.25) is 0 Å². The highest BCUT2D eigenvalue weighted by atomic mass is 32.2. The number of carbonyl (C=O) groups excluding carboxylic acids is 1. The first kappa shape index (κ1) is 16.8. The summed E-state index contributed by atoms with van der Waals surface area (Å²) in [5, 5.41) is 3.95. The molecule has 0 fully saturated rings. The van der Waals surface area contributed by atoms with Crippen molar-refractivity contribution < 1.29 is 9.53 Å². The van der Waals surface area contributed by atoms with Gasteiger partial charge >= 0.3 is 0 Å². The molecule has 1 aromatic heterocycles. The van der Waals surface area contributed by atoms with Gasteiger partial charge in [0.25, 0.3) is 5.91 Å². The zero-order valence-corrected chi connectivity index (χ0v) is 15.3. The fourth-order valence-corrected chi connectivity index (χ4v) is 4.02. The van der Waals surface area contributed by atoms with Gasteiger partial charge in [-0.25, -0.2) is 4.98 Å². The van der Waals surface area contributed by atoms with Gasteiger partial charge < -0.3 is 4.74 Å². The van der Waals surface area contributed by atoms with Gasteiger partial charge in [0.15, 0.2) is 5.13 Å². The molecule has 0 unspecified atom stereocenters. The van der Waals surface area contributed by atoms with Gasteiger partial charge in [-0.05, 0) is 36.4 Å². The van der Waals surface area contributed by atoms with Crippen LogP contribution in [-0.4, -0.2) is 23.3 Å². The lowest BCUT2D eigenvalue weighted by Crippen LogP contribution is -2.11. The van der Waals surface area contributed by atoms with E-state index in [0.717, 1.165) is 20.9 Å². The van der Waals surface area contributed by atoms with Gasteiger partial charge in [-0.1, -0.05) is 31.3 Å². The molecule has 1 N–H and O–H groups in total. The molecule has 0 radical (unpaired) electrons. The third-order valence-corrected chi connectivity index (χ3v) is 5.22. The SMILES string of the molecule is COc1ccc2nc(NC(=O)c3cccc(SC(C)C)c3)sc2c1. The summed E-state index contributed by atoms with van der Waals surface area (Å²) in [5.74, 6) is 0.634. The third-order valence-electron chi connectivity index (χ3n) is 3.28. The standard InChI is InChI=1S/C18H18N2O2S2/c1-11(2)23-14-6-4-5-12(9-14)17(21)20-18-19-15-8-7-13(22-3)10-16(15)24-18/h4-11H,1-3H3,(H,19,20,21). The molecule has 3 aromatic rings. The van der Waals surface area contributed by atoms with Gasteiger partial charge in [-0.15, -0.1) is 11.8 Å². The van der Waals surface area contributed by atoms with Crippen molar-refractivity contribution >= 4 is 44.4 Å². The lowest BCUT2D eigenvalue weighted by atomic mass is 10.2. The summed E-state index contributed by atoms with van der Waals surface area (Å²) in [6, 6.07) is 13.3. The highest BCUT2D eigenvalue weighted by Gasteiger charge is 2.11. The molecule has 0 atom stereocenters. The van der Waals surface area contributed by atoms with E-state index in [0.29, 0.717) is 15.9 Å². The Bertz CT molecular complexity index is 874. The maximum Gasteiger partial charge on any atom is 0.257 e. The van der Waals surface area contributed by atoms with E-state index in [4.69, 9.17) is 4.74 Å². The highest BCUT2D eigenvalue weighted by Crippen LogP contribution is 2.30. The number of benzene rings is 2. The monoisotopic (exact) mass is 358 g/mol. The van der Waals surface area contributed by atoms with Gasteiger partial charge in [-0.2, -0.15) is 0 Å². The van der Waals surface area contributed by atoms with E-state index >= 15 is 0 Å². The van der Waals surface area contributed by atoms with E-state index < -0.39 is 0 Å². The number of nitrogens with zero attached hydrogens (tertiary/aromatic N) is 1. The Kier molecular flexibility index (Phi) is 5.06. The lowest BCUT2D eigenvalue weighted by molar-refractivity contribution is 0.102. The molecule has 1 amide bonds. The summed E-state index contributed by atoms with van der Waals surface area (Å²) in [6.45, 7) is 4.26. The molecule has 24 heavy (non-hydrogen) atoms. The summed E-state index contributed by atoms with van der Waals surface area (Å²) in [4.78, 5) is 18.0. The zero-order chi connectivity index (χ0) is 17.1. The Morgan fingerprint density at radius 2 is 2.08 bits per heavy atom. The van der Waals surface area contributed by atoms with Crippen LogP contribution in [0.5, 0.6) is 5.75 Å². The molecule has 0 aliphatic heterocycles. The average Bonchev–Trinajstić information content (AvgIpc) is 2.95. The number of rotatable bonds is 5. The number of hydrogen-bond acceptors (Lipinski definition) is 5. The molecule has 0 bridgehead atoms. The summed E-state index contributed by atoms with van der Waals surface area (Å²) in [6.07, 6.45) is 0. The fourth-order valence-electron chi connectivity index (χ4n) is 2.24. The topological polar surface area (TPSA) is 51.2 Å². The number of fused-ring (bicyclic) bond motifs is 1. The maximum atomic E-state index is 12.5. The van der Waals surface area contributed by atoms with Crippen molar-refractivity contribution in [2.45, 2.75) is 24.0 Å². The number of methoxy groups -OCH3 is 1. The Morgan fingerprint density at radius 1 is 1.25 bits per heavy atom. The predicted molar refractivity (Wildman–Crippen MR) is 102 cm³/mol. The normalized spacial score (nSPS) is 11.0. The zero-order valence-electron chi connectivity index (χ0n) is 13.7. The Hall–Kier alpha value is -2.05. The summed E-state index contributed by atoms with van der Waals surface area (Å²) in [5.41, 5.74) is 1.48. The molecule has 0 aliphatic rings. The number of anilines is 1. The molecule has 0 saturated heterocycles. The van der Waals surface area contributed by atoms with Crippen LogP contribution in [0.3, 0.4) is 0 Å². The van der Waals surface area contributed by atoms with E-state index in [9.17, 15) is 4.79 Å². The molecule has 0 saturated carbocycles. The van der Waals surface area contributed by atoms with Crippen LogP contribution in [-0.2, 0) is 0 Å². The van der Waals surface area contributed by atoms with Crippen molar-refractivity contribution in [3.63, 3.8) is 0 Å². The number of amides is 1. The molecule has 124 valence electrons. The molecule has 0 spiro atoms. The minimum atomic E-state index is -0.146. The molecule has 3 rings (SSSR count). The van der Waals surface area contributed by atoms with E-state index in [1.807, 2.05) is 42.5 Å². The van der Waals surface area contributed by atoms with Crippen molar-refractivity contribution in [3.05, 3.63) is 48.0 Å². The molecule has 2 aromatic carbocycles. The first-order valence-corrected chi connectivity index (χ1v) is 9.27. The second-order valence-corrected chi connectivity index (χ2v) is 8.18. The minimum Gasteiger partial charge on any atom is -0.497 e. The van der Waals surface area contributed by atoms with E-state index in [1.54, 1.807) is 18.9 Å². The number of ether oxygens (including phenoxy) is 1. The molecule has 1 heterocycles. The predicted octanol–water partition coefficient (Wildman–Crippen LogP) is 5.06. The van der Waals surface area contributed by atoms with E-state index in [-0.39, 0.29) is 5.91 Å². The number of thioether (sulfide) groups is 1. The van der Waals surface area contributed by atoms with E-state index in [2.05, 4.69) is 24.1 Å². The van der Waals surface area contributed by atoms with Crippen molar-refractivity contribution in [1.82, 2.24) is 4.98 Å². The quantitative estimate of drug-likeness (QED) is 0.648. The van der Waals surface area contributed by atoms with Crippen LogP contribution in [0.15, 0.2) is 47.4 Å². The van der Waals surface area contributed by atoms with Gasteiger partial charge in [0.2, 0.25) is 0 Å². The summed E-state index contributed by atoms with van der Waals surface area (Å²) >= 11 is 3.17. The van der Waals surface area contributed by atoms with Crippen molar-refractivity contribution in [3.8, 4) is 5.75 Å². The third kappa shape index (κ3) is 3.88. The van der Waals surface area contributed by atoms with Crippen LogP contribution < -0.4 is 10.1 Å². The molecule has 0 aliphatic carbocycles. The molecular formula is C18H18N2O2S2. The molecular weight excluding hydrogens is 340 g/mol. The summed E-state index contributed by atoms with van der Waals surface area (Å²) < 4.78 is 6.20. The lowest BCUT2D eigenvalue weighted by Gasteiger charge is -2.07. The van der Waals surface area contributed by atoms with E-state index in [1.165, 1.54) is 11.3 Å². The Morgan fingerprint density at radius 3 is 2.83 bits per heavy atom. The second kappa shape index (κ2) is 7.23. The number of nitrogens with one attached hydrogen (secondary N) is 1. The van der Waals surface area contributed by atoms with Crippen molar-refractivity contribution in [1.29, 1.82) is 0 Å². The fraction of sp³-hybridized carbons (Fsp3) is 0.222. The number of hydrogen-bond donors (Lipinski definition) is 1. The number of carbonyl (C=O) groups is 1. The Labute approximate surface area is 149 Å². The van der Waals surface area contributed by atoms with Crippen LogP contribution in [0, 0.1) is 0 Å². The van der Waals surface area contributed by atoms with Gasteiger partial charge in [0.05, 0.1) is 17.3 Å². The molecule has 4 nitrogen and oxygen atoms in total. The number of aromatic nitrogens is 1. The van der Waals surface area contributed by atoms with Gasteiger partial charge in [0.1, 0.15) is 5.75 Å². The first-order valence-electron chi connectivity index (χ1n) is 7.58. The summed E-state index contributed by atoms with van der Waals surface area (Å²) in [7, 11) is 1.63. The average molecular weight is 358 g/mol. The van der Waals surface area contributed by atoms with Gasteiger partial charge in [-0.3, -0.25) is 10.1 Å². The highest BCUT2D eigenvalue weighted by molar-refractivity contribution is 7.99. The van der Waals surface area contributed by atoms with Crippen LogP contribution in [0.1, 0.15) is 24.2 Å². The van der Waals surface area contributed by atoms with Crippen molar-refractivity contribution in [2.24, 2.45) is 0 Å². The molecule has 6 heteroatoms. The van der Waals surface area contributed by atoms with Crippen LogP contribution >= 0.6 is 23.1 Å². The number of thiazole rings is 1.